The Labute approximate surface area is 66.1 Å². The molecule has 0 aromatic heterocycles. The summed E-state index contributed by atoms with van der Waals surface area (Å²) in [5, 5.41) is 2.58. The number of hydrogen-bond donors (Lipinski definition) is 2. The summed E-state index contributed by atoms with van der Waals surface area (Å²) in [4.78, 5) is 10.3. The fraction of sp³-hybridized carbons (Fsp3) is 0.857. The van der Waals surface area contributed by atoms with Gasteiger partial charge in [0.2, 0.25) is 0 Å². The highest BCUT2D eigenvalue weighted by molar-refractivity contribution is 5.71. The molecule has 3 N–H and O–H groups in total. The van der Waals surface area contributed by atoms with Crippen LogP contribution in [0.15, 0.2) is 0 Å². The zero-order valence-corrected chi connectivity index (χ0v) is 6.67. The van der Waals surface area contributed by atoms with Gasteiger partial charge in [-0.25, -0.2) is 4.79 Å². The highest BCUT2D eigenvalue weighted by Gasteiger charge is 2.23. The number of amides is 2. The molecular weight excluding hydrogens is 144 g/mol. The van der Waals surface area contributed by atoms with Crippen LogP contribution >= 0.6 is 0 Å². The van der Waals surface area contributed by atoms with E-state index in [0.717, 1.165) is 13.0 Å². The van der Waals surface area contributed by atoms with Crippen LogP contribution in [0, 0.1) is 5.92 Å². The molecule has 0 aliphatic carbocycles. The number of nitrogens with two attached hydrogens (primary N) is 1. The van der Waals surface area contributed by atoms with Crippen LogP contribution in [0.5, 0.6) is 0 Å². The second-order valence-corrected chi connectivity index (χ2v) is 2.87. The van der Waals surface area contributed by atoms with Crippen LogP contribution in [-0.2, 0) is 4.74 Å². The third-order valence-corrected chi connectivity index (χ3v) is 2.07. The number of rotatable bonds is 2. The topological polar surface area (TPSA) is 64.3 Å². The first-order chi connectivity index (χ1) is 5.20. The molecule has 2 amide bonds. The Hall–Kier alpha value is -0.770. The van der Waals surface area contributed by atoms with Crippen molar-refractivity contribution in [1.82, 2.24) is 5.32 Å². The quantitative estimate of drug-likeness (QED) is 0.597. The van der Waals surface area contributed by atoms with Crippen LogP contribution in [0.4, 0.5) is 4.79 Å². The molecule has 2 atom stereocenters. The molecule has 1 heterocycles. The van der Waals surface area contributed by atoms with Gasteiger partial charge in [-0.1, -0.05) is 0 Å². The minimum absolute atomic E-state index is 0.252. The zero-order chi connectivity index (χ0) is 8.27. The SMILES string of the molecule is CC1OCCC1CNC(N)=O. The maximum Gasteiger partial charge on any atom is 0.312 e. The van der Waals surface area contributed by atoms with Gasteiger partial charge in [0, 0.05) is 19.1 Å². The molecule has 11 heavy (non-hydrogen) atoms. The summed E-state index contributed by atoms with van der Waals surface area (Å²) in [7, 11) is 0. The summed E-state index contributed by atoms with van der Waals surface area (Å²) in [6, 6.07) is -0.455. The molecule has 1 saturated heterocycles. The van der Waals surface area contributed by atoms with Crippen molar-refractivity contribution in [3.05, 3.63) is 0 Å². The first-order valence-electron chi connectivity index (χ1n) is 3.85. The molecule has 4 nitrogen and oxygen atoms in total. The fourth-order valence-corrected chi connectivity index (χ4v) is 1.28. The van der Waals surface area contributed by atoms with E-state index in [1.54, 1.807) is 0 Å². The number of carbonyl (C=O) groups excluding carboxylic acids is 1. The molecule has 1 aliphatic heterocycles. The van der Waals surface area contributed by atoms with E-state index < -0.39 is 6.03 Å². The van der Waals surface area contributed by atoms with E-state index in [1.165, 1.54) is 0 Å². The minimum atomic E-state index is -0.455. The summed E-state index contributed by atoms with van der Waals surface area (Å²) < 4.78 is 5.31. The Morgan fingerprint density at radius 3 is 3.00 bits per heavy atom. The second-order valence-electron chi connectivity index (χ2n) is 2.87. The van der Waals surface area contributed by atoms with Crippen LogP contribution in [0.25, 0.3) is 0 Å². The van der Waals surface area contributed by atoms with Crippen molar-refractivity contribution in [2.24, 2.45) is 11.7 Å². The van der Waals surface area contributed by atoms with E-state index in [0.29, 0.717) is 12.5 Å². The molecule has 0 spiro atoms. The van der Waals surface area contributed by atoms with Crippen molar-refractivity contribution < 1.29 is 9.53 Å². The molecule has 1 aliphatic rings. The Morgan fingerprint density at radius 2 is 2.55 bits per heavy atom. The van der Waals surface area contributed by atoms with Crippen molar-refractivity contribution in [3.63, 3.8) is 0 Å². The van der Waals surface area contributed by atoms with Crippen LogP contribution in [0.1, 0.15) is 13.3 Å². The molecule has 0 radical (unpaired) electrons. The van der Waals surface area contributed by atoms with Gasteiger partial charge in [-0.3, -0.25) is 0 Å². The lowest BCUT2D eigenvalue weighted by Crippen LogP contribution is -2.35. The van der Waals surface area contributed by atoms with Gasteiger partial charge in [-0.05, 0) is 13.3 Å². The molecule has 0 bridgehead atoms. The summed E-state index contributed by atoms with van der Waals surface area (Å²) in [6.45, 7) is 3.45. The van der Waals surface area contributed by atoms with Crippen LogP contribution in [-0.4, -0.2) is 25.3 Å². The number of ether oxygens (including phenoxy) is 1. The highest BCUT2D eigenvalue weighted by Crippen LogP contribution is 2.18. The monoisotopic (exact) mass is 158 g/mol. The number of urea groups is 1. The molecule has 64 valence electrons. The van der Waals surface area contributed by atoms with Crippen LogP contribution in [0.3, 0.4) is 0 Å². The predicted molar refractivity (Wildman–Crippen MR) is 41.1 cm³/mol. The number of hydrogen-bond acceptors (Lipinski definition) is 2. The lowest BCUT2D eigenvalue weighted by molar-refractivity contribution is 0.106. The molecule has 0 aromatic carbocycles. The first kappa shape index (κ1) is 8.33. The number of primary amides is 1. The Bertz CT molecular complexity index is 149. The Kier molecular flexibility index (Phi) is 2.70. The van der Waals surface area contributed by atoms with E-state index in [2.05, 4.69) is 5.32 Å². The summed E-state index contributed by atoms with van der Waals surface area (Å²) in [5.41, 5.74) is 4.93. The van der Waals surface area contributed by atoms with Gasteiger partial charge < -0.3 is 15.8 Å². The fourth-order valence-electron chi connectivity index (χ4n) is 1.28. The van der Waals surface area contributed by atoms with E-state index in [-0.39, 0.29) is 6.10 Å². The standard InChI is InChI=1S/C7H14N2O2/c1-5-6(2-3-11-5)4-9-7(8)10/h5-6H,2-4H2,1H3,(H3,8,9,10). The third-order valence-electron chi connectivity index (χ3n) is 2.07. The molecule has 1 rings (SSSR count). The van der Waals surface area contributed by atoms with Gasteiger partial charge in [0.05, 0.1) is 6.10 Å². The summed E-state index contributed by atoms with van der Waals surface area (Å²) in [6.07, 6.45) is 1.27. The van der Waals surface area contributed by atoms with Crippen molar-refractivity contribution in [2.75, 3.05) is 13.2 Å². The van der Waals surface area contributed by atoms with Crippen molar-refractivity contribution in [2.45, 2.75) is 19.4 Å². The van der Waals surface area contributed by atoms with Gasteiger partial charge in [-0.15, -0.1) is 0 Å². The average Bonchev–Trinajstić information content (AvgIpc) is 2.31. The first-order valence-corrected chi connectivity index (χ1v) is 3.85. The Morgan fingerprint density at radius 1 is 1.82 bits per heavy atom. The van der Waals surface area contributed by atoms with Gasteiger partial charge in [0.15, 0.2) is 0 Å². The zero-order valence-electron chi connectivity index (χ0n) is 6.67. The second kappa shape index (κ2) is 3.57. The predicted octanol–water partition coefficient (Wildman–Crippen LogP) is 0.0797. The summed E-state index contributed by atoms with van der Waals surface area (Å²) >= 11 is 0. The number of nitrogens with one attached hydrogen (secondary N) is 1. The molecule has 1 fully saturated rings. The largest absolute Gasteiger partial charge is 0.378 e. The summed E-state index contributed by atoms with van der Waals surface area (Å²) in [5.74, 6) is 0.433. The molecule has 2 unspecified atom stereocenters. The van der Waals surface area contributed by atoms with Crippen molar-refractivity contribution >= 4 is 6.03 Å². The maximum atomic E-state index is 10.3. The van der Waals surface area contributed by atoms with Crippen molar-refractivity contribution in [3.8, 4) is 0 Å². The van der Waals surface area contributed by atoms with E-state index in [1.807, 2.05) is 6.92 Å². The molecule has 4 heteroatoms. The lowest BCUT2D eigenvalue weighted by Gasteiger charge is -2.13. The lowest BCUT2D eigenvalue weighted by atomic mass is 10.0. The van der Waals surface area contributed by atoms with Gasteiger partial charge in [-0.2, -0.15) is 0 Å². The average molecular weight is 158 g/mol. The Balaban J connectivity index is 2.20. The van der Waals surface area contributed by atoms with E-state index >= 15 is 0 Å². The number of carbonyl (C=O) groups is 1. The maximum absolute atomic E-state index is 10.3. The third kappa shape index (κ3) is 2.38. The van der Waals surface area contributed by atoms with Crippen LogP contribution in [0.2, 0.25) is 0 Å². The van der Waals surface area contributed by atoms with Gasteiger partial charge in [0.25, 0.3) is 0 Å². The molecular formula is C7H14N2O2. The highest BCUT2D eigenvalue weighted by atomic mass is 16.5. The normalized spacial score (nSPS) is 30.3. The minimum Gasteiger partial charge on any atom is -0.378 e. The van der Waals surface area contributed by atoms with Gasteiger partial charge in [0.1, 0.15) is 0 Å². The molecule has 0 aromatic rings. The van der Waals surface area contributed by atoms with Crippen molar-refractivity contribution in [1.29, 1.82) is 0 Å². The molecule has 0 saturated carbocycles. The van der Waals surface area contributed by atoms with E-state index in [4.69, 9.17) is 10.5 Å². The van der Waals surface area contributed by atoms with Gasteiger partial charge >= 0.3 is 6.03 Å². The smallest absolute Gasteiger partial charge is 0.312 e. The van der Waals surface area contributed by atoms with Crippen LogP contribution < -0.4 is 11.1 Å². The van der Waals surface area contributed by atoms with E-state index in [9.17, 15) is 4.79 Å².